The molecular weight excluding hydrogens is 188 g/mol. The largest absolute Gasteiger partial charge is 0.152 e. The van der Waals surface area contributed by atoms with Crippen molar-refractivity contribution in [2.24, 2.45) is 0 Å². The Kier molecular flexibility index (Phi) is 2.51. The summed E-state index contributed by atoms with van der Waals surface area (Å²) >= 11 is 1.73. The first-order chi connectivity index (χ1) is 6.83. The zero-order valence-electron chi connectivity index (χ0n) is 8.16. The van der Waals surface area contributed by atoms with Crippen molar-refractivity contribution in [2.75, 3.05) is 0 Å². The average molecular weight is 200 g/mol. The van der Waals surface area contributed by atoms with Crippen LogP contribution in [0.2, 0.25) is 0 Å². The standard InChI is InChI=1S/C13H12S/c1-3-11-6-4-5-10(2)13(11)12-7-8-14-9-12/h3-9H,1H2,2H3. The highest BCUT2D eigenvalue weighted by Crippen LogP contribution is 2.29. The molecule has 0 aliphatic carbocycles. The smallest absolute Gasteiger partial charge is 0.00144 e. The molecule has 0 aliphatic heterocycles. The molecule has 0 aliphatic rings. The van der Waals surface area contributed by atoms with E-state index in [1.807, 2.05) is 6.08 Å². The number of rotatable bonds is 2. The molecule has 1 aromatic heterocycles. The lowest BCUT2D eigenvalue weighted by Gasteiger charge is -2.07. The van der Waals surface area contributed by atoms with E-state index in [1.54, 1.807) is 11.3 Å². The molecule has 0 spiro atoms. The van der Waals surface area contributed by atoms with Crippen LogP contribution in [-0.2, 0) is 0 Å². The number of hydrogen-bond acceptors (Lipinski definition) is 1. The van der Waals surface area contributed by atoms with E-state index in [0.29, 0.717) is 0 Å². The quantitative estimate of drug-likeness (QED) is 0.675. The highest BCUT2D eigenvalue weighted by Gasteiger charge is 2.05. The highest BCUT2D eigenvalue weighted by atomic mass is 32.1. The molecule has 14 heavy (non-hydrogen) atoms. The topological polar surface area (TPSA) is 0 Å². The van der Waals surface area contributed by atoms with E-state index in [1.165, 1.54) is 22.3 Å². The lowest BCUT2D eigenvalue weighted by molar-refractivity contribution is 1.45. The van der Waals surface area contributed by atoms with E-state index in [2.05, 4.69) is 48.5 Å². The zero-order chi connectivity index (χ0) is 9.97. The van der Waals surface area contributed by atoms with Gasteiger partial charge < -0.3 is 0 Å². The molecule has 0 amide bonds. The van der Waals surface area contributed by atoms with Gasteiger partial charge in [0.25, 0.3) is 0 Å². The fraction of sp³-hybridized carbons (Fsp3) is 0.0769. The summed E-state index contributed by atoms with van der Waals surface area (Å²) in [5.74, 6) is 0. The van der Waals surface area contributed by atoms with Crippen LogP contribution in [-0.4, -0.2) is 0 Å². The molecule has 0 saturated heterocycles. The molecule has 0 radical (unpaired) electrons. The number of thiophene rings is 1. The molecular formula is C13H12S. The highest BCUT2D eigenvalue weighted by molar-refractivity contribution is 7.08. The Morgan fingerprint density at radius 3 is 2.79 bits per heavy atom. The Balaban J connectivity index is 2.67. The summed E-state index contributed by atoms with van der Waals surface area (Å²) < 4.78 is 0. The van der Waals surface area contributed by atoms with Crippen molar-refractivity contribution in [2.45, 2.75) is 6.92 Å². The molecule has 1 heteroatoms. The summed E-state index contributed by atoms with van der Waals surface area (Å²) in [6.45, 7) is 5.98. The van der Waals surface area contributed by atoms with Crippen molar-refractivity contribution >= 4 is 17.4 Å². The molecule has 0 N–H and O–H groups in total. The first kappa shape index (κ1) is 9.22. The van der Waals surface area contributed by atoms with Crippen LogP contribution in [0.15, 0.2) is 41.6 Å². The van der Waals surface area contributed by atoms with Crippen LogP contribution >= 0.6 is 11.3 Å². The van der Waals surface area contributed by atoms with Gasteiger partial charge in [-0.3, -0.25) is 0 Å². The molecule has 0 bridgehead atoms. The maximum Gasteiger partial charge on any atom is -0.00144 e. The minimum Gasteiger partial charge on any atom is -0.152 e. The maximum absolute atomic E-state index is 3.85. The summed E-state index contributed by atoms with van der Waals surface area (Å²) in [4.78, 5) is 0. The Morgan fingerprint density at radius 1 is 1.29 bits per heavy atom. The second-order valence-corrected chi connectivity index (χ2v) is 4.04. The lowest BCUT2D eigenvalue weighted by Crippen LogP contribution is -1.85. The maximum atomic E-state index is 3.85. The Labute approximate surface area is 88.5 Å². The predicted molar refractivity (Wildman–Crippen MR) is 64.6 cm³/mol. The summed E-state index contributed by atoms with van der Waals surface area (Å²) in [6.07, 6.45) is 1.92. The van der Waals surface area contributed by atoms with Gasteiger partial charge in [0.15, 0.2) is 0 Å². The molecule has 0 saturated carbocycles. The van der Waals surface area contributed by atoms with Gasteiger partial charge in [-0.1, -0.05) is 30.9 Å². The van der Waals surface area contributed by atoms with E-state index in [4.69, 9.17) is 0 Å². The molecule has 0 unspecified atom stereocenters. The van der Waals surface area contributed by atoms with Gasteiger partial charge in [0.1, 0.15) is 0 Å². The van der Waals surface area contributed by atoms with E-state index >= 15 is 0 Å². The van der Waals surface area contributed by atoms with Crippen LogP contribution in [0.3, 0.4) is 0 Å². The number of hydrogen-bond donors (Lipinski definition) is 0. The van der Waals surface area contributed by atoms with Gasteiger partial charge in [-0.25, -0.2) is 0 Å². The van der Waals surface area contributed by atoms with E-state index in [0.717, 1.165) is 0 Å². The van der Waals surface area contributed by atoms with Crippen molar-refractivity contribution in [3.05, 3.63) is 52.7 Å². The minimum absolute atomic E-state index is 1.21. The predicted octanol–water partition coefficient (Wildman–Crippen LogP) is 4.37. The first-order valence-corrected chi connectivity index (χ1v) is 5.52. The minimum atomic E-state index is 1.21. The van der Waals surface area contributed by atoms with E-state index < -0.39 is 0 Å². The van der Waals surface area contributed by atoms with E-state index in [9.17, 15) is 0 Å². The third-order valence-corrected chi connectivity index (χ3v) is 3.02. The van der Waals surface area contributed by atoms with Crippen LogP contribution in [0.1, 0.15) is 11.1 Å². The van der Waals surface area contributed by atoms with Crippen molar-refractivity contribution in [1.29, 1.82) is 0 Å². The fourth-order valence-electron chi connectivity index (χ4n) is 1.66. The molecule has 1 aromatic carbocycles. The van der Waals surface area contributed by atoms with Gasteiger partial charge in [0.05, 0.1) is 0 Å². The summed E-state index contributed by atoms with van der Waals surface area (Å²) in [7, 11) is 0. The molecule has 2 aromatic rings. The lowest BCUT2D eigenvalue weighted by atomic mass is 9.97. The fourth-order valence-corrected chi connectivity index (χ4v) is 2.31. The third kappa shape index (κ3) is 1.51. The number of aryl methyl sites for hydroxylation is 1. The van der Waals surface area contributed by atoms with Gasteiger partial charge in [0.2, 0.25) is 0 Å². The molecule has 0 atom stereocenters. The number of benzene rings is 1. The van der Waals surface area contributed by atoms with Gasteiger partial charge in [-0.05, 0) is 46.0 Å². The van der Waals surface area contributed by atoms with Crippen LogP contribution < -0.4 is 0 Å². The van der Waals surface area contributed by atoms with Crippen molar-refractivity contribution < 1.29 is 0 Å². The normalized spacial score (nSPS) is 10.1. The molecule has 2 rings (SSSR count). The molecule has 1 heterocycles. The summed E-state index contributed by atoms with van der Waals surface area (Å²) in [6, 6.07) is 8.47. The van der Waals surface area contributed by atoms with Crippen molar-refractivity contribution in [3.8, 4) is 11.1 Å². The zero-order valence-corrected chi connectivity index (χ0v) is 8.97. The average Bonchev–Trinajstić information content (AvgIpc) is 2.70. The Morgan fingerprint density at radius 2 is 2.14 bits per heavy atom. The van der Waals surface area contributed by atoms with Crippen molar-refractivity contribution in [3.63, 3.8) is 0 Å². The first-order valence-electron chi connectivity index (χ1n) is 4.57. The van der Waals surface area contributed by atoms with Crippen LogP contribution in [0.25, 0.3) is 17.2 Å². The summed E-state index contributed by atoms with van der Waals surface area (Å²) in [5.41, 5.74) is 5.12. The molecule has 0 nitrogen and oxygen atoms in total. The van der Waals surface area contributed by atoms with Gasteiger partial charge in [0, 0.05) is 0 Å². The van der Waals surface area contributed by atoms with Gasteiger partial charge >= 0.3 is 0 Å². The third-order valence-electron chi connectivity index (χ3n) is 2.33. The van der Waals surface area contributed by atoms with Crippen molar-refractivity contribution in [1.82, 2.24) is 0 Å². The van der Waals surface area contributed by atoms with Gasteiger partial charge in [-0.2, -0.15) is 11.3 Å². The van der Waals surface area contributed by atoms with Gasteiger partial charge in [-0.15, -0.1) is 0 Å². The van der Waals surface area contributed by atoms with Crippen LogP contribution in [0.5, 0.6) is 0 Å². The second kappa shape index (κ2) is 3.81. The summed E-state index contributed by atoms with van der Waals surface area (Å²) in [5, 5.41) is 4.28. The SMILES string of the molecule is C=Cc1cccc(C)c1-c1ccsc1. The Hall–Kier alpha value is -1.34. The molecule has 0 fully saturated rings. The van der Waals surface area contributed by atoms with Crippen LogP contribution in [0, 0.1) is 6.92 Å². The van der Waals surface area contributed by atoms with E-state index in [-0.39, 0.29) is 0 Å². The second-order valence-electron chi connectivity index (χ2n) is 3.26. The monoisotopic (exact) mass is 200 g/mol. The molecule has 70 valence electrons. The van der Waals surface area contributed by atoms with Crippen LogP contribution in [0.4, 0.5) is 0 Å². The Bertz CT molecular complexity index is 438.